The Kier molecular flexibility index (Phi) is 5.03. The number of nitrogens with one attached hydrogen (secondary N) is 2. The van der Waals surface area contributed by atoms with E-state index >= 15 is 0 Å². The normalized spacial score (nSPS) is 23.9. The second-order valence-corrected chi connectivity index (χ2v) is 6.22. The van der Waals surface area contributed by atoms with Crippen LogP contribution in [0, 0.1) is 0 Å². The monoisotopic (exact) mass is 286 g/mol. The van der Waals surface area contributed by atoms with Crippen LogP contribution in [0.2, 0.25) is 5.02 Å². The van der Waals surface area contributed by atoms with Gasteiger partial charge in [-0.2, -0.15) is 0 Å². The second kappa shape index (κ2) is 6.55. The van der Waals surface area contributed by atoms with Gasteiger partial charge < -0.3 is 10.6 Å². The summed E-state index contributed by atoms with van der Waals surface area (Å²) in [7, 11) is 0. The van der Waals surface area contributed by atoms with E-state index in [1.165, 1.54) is 4.88 Å². The van der Waals surface area contributed by atoms with Crippen LogP contribution in [0.1, 0.15) is 31.1 Å². The predicted molar refractivity (Wildman–Crippen MR) is 76.3 cm³/mol. The molecule has 1 aliphatic rings. The molecule has 1 fully saturated rings. The van der Waals surface area contributed by atoms with Gasteiger partial charge in [0.05, 0.1) is 5.02 Å². The van der Waals surface area contributed by atoms with Gasteiger partial charge in [-0.05, 0) is 38.8 Å². The molecule has 0 radical (unpaired) electrons. The highest BCUT2D eigenvalue weighted by atomic mass is 35.5. The second-order valence-electron chi connectivity index (χ2n) is 4.79. The van der Waals surface area contributed by atoms with Crippen LogP contribution < -0.4 is 10.6 Å². The Balaban J connectivity index is 1.74. The van der Waals surface area contributed by atoms with Gasteiger partial charge in [0.2, 0.25) is 5.91 Å². The van der Waals surface area contributed by atoms with Gasteiger partial charge >= 0.3 is 0 Å². The Morgan fingerprint density at radius 1 is 1.67 bits per heavy atom. The van der Waals surface area contributed by atoms with Crippen LogP contribution in [0.25, 0.3) is 0 Å². The molecule has 3 nitrogen and oxygen atoms in total. The van der Waals surface area contributed by atoms with E-state index in [4.69, 9.17) is 11.6 Å². The molecule has 100 valence electrons. The average molecular weight is 287 g/mol. The zero-order valence-corrected chi connectivity index (χ0v) is 12.1. The van der Waals surface area contributed by atoms with Crippen LogP contribution in [-0.2, 0) is 11.2 Å². The predicted octanol–water partition coefficient (Wildman–Crippen LogP) is 2.59. The van der Waals surface area contributed by atoms with E-state index < -0.39 is 0 Å². The molecule has 0 spiro atoms. The number of rotatable bonds is 4. The summed E-state index contributed by atoms with van der Waals surface area (Å²) in [5.41, 5.74) is 0. The van der Waals surface area contributed by atoms with E-state index in [0.717, 1.165) is 30.8 Å². The van der Waals surface area contributed by atoms with Gasteiger partial charge in [0, 0.05) is 28.8 Å². The number of carbonyl (C=O) groups is 1. The summed E-state index contributed by atoms with van der Waals surface area (Å²) < 4.78 is 0. The van der Waals surface area contributed by atoms with Gasteiger partial charge in [-0.1, -0.05) is 11.6 Å². The highest BCUT2D eigenvalue weighted by Crippen LogP contribution is 2.20. The molecule has 1 saturated heterocycles. The summed E-state index contributed by atoms with van der Waals surface area (Å²) >= 11 is 7.47. The van der Waals surface area contributed by atoms with Crippen molar-refractivity contribution >= 4 is 28.8 Å². The summed E-state index contributed by atoms with van der Waals surface area (Å²) in [6, 6.07) is 2.58. The molecule has 2 N–H and O–H groups in total. The van der Waals surface area contributed by atoms with Crippen molar-refractivity contribution in [2.75, 3.05) is 6.54 Å². The third-order valence-corrected chi connectivity index (χ3v) is 4.67. The summed E-state index contributed by atoms with van der Waals surface area (Å²) in [4.78, 5) is 13.0. The van der Waals surface area contributed by atoms with Crippen molar-refractivity contribution in [1.82, 2.24) is 10.6 Å². The first kappa shape index (κ1) is 13.8. The molecule has 0 aliphatic carbocycles. The first-order valence-corrected chi connectivity index (χ1v) is 7.66. The van der Waals surface area contributed by atoms with E-state index in [1.807, 2.05) is 11.4 Å². The van der Waals surface area contributed by atoms with E-state index in [0.29, 0.717) is 12.5 Å². The van der Waals surface area contributed by atoms with Crippen LogP contribution in [0.4, 0.5) is 0 Å². The molecule has 2 unspecified atom stereocenters. The number of hydrogen-bond donors (Lipinski definition) is 2. The van der Waals surface area contributed by atoms with E-state index in [1.54, 1.807) is 11.3 Å². The van der Waals surface area contributed by atoms with Crippen LogP contribution >= 0.6 is 22.9 Å². The number of thiophene rings is 1. The lowest BCUT2D eigenvalue weighted by molar-refractivity contribution is -0.122. The van der Waals surface area contributed by atoms with Gasteiger partial charge in [-0.25, -0.2) is 0 Å². The van der Waals surface area contributed by atoms with Gasteiger partial charge in [-0.15, -0.1) is 11.3 Å². The van der Waals surface area contributed by atoms with Crippen molar-refractivity contribution < 1.29 is 4.79 Å². The lowest BCUT2D eigenvalue weighted by Crippen LogP contribution is -2.51. The summed E-state index contributed by atoms with van der Waals surface area (Å²) in [5.74, 6) is 0.139. The first-order valence-electron chi connectivity index (χ1n) is 6.41. The van der Waals surface area contributed by atoms with Crippen LogP contribution in [0.5, 0.6) is 0 Å². The fourth-order valence-electron chi connectivity index (χ4n) is 2.24. The molecule has 1 amide bonds. The number of amides is 1. The molecule has 5 heteroatoms. The van der Waals surface area contributed by atoms with E-state index in [2.05, 4.69) is 17.6 Å². The molecule has 2 heterocycles. The maximum Gasteiger partial charge on any atom is 0.220 e. The number of hydrogen-bond acceptors (Lipinski definition) is 3. The smallest absolute Gasteiger partial charge is 0.220 e. The van der Waals surface area contributed by atoms with E-state index in [9.17, 15) is 4.79 Å². The number of piperidine rings is 1. The molecule has 1 aromatic rings. The van der Waals surface area contributed by atoms with Gasteiger partial charge in [0.15, 0.2) is 0 Å². The fraction of sp³-hybridized carbons (Fsp3) is 0.615. The topological polar surface area (TPSA) is 41.1 Å². The Bertz CT molecular complexity index is 407. The molecule has 1 aromatic heterocycles. The van der Waals surface area contributed by atoms with Gasteiger partial charge in [0.25, 0.3) is 0 Å². The SMILES string of the molecule is CC1NCCCC1NC(=O)CCc1cc(Cl)cs1. The molecule has 18 heavy (non-hydrogen) atoms. The minimum atomic E-state index is 0.139. The molecule has 2 atom stereocenters. The first-order chi connectivity index (χ1) is 8.65. The van der Waals surface area contributed by atoms with Crippen LogP contribution in [0.3, 0.4) is 0 Å². The van der Waals surface area contributed by atoms with Crippen molar-refractivity contribution in [2.24, 2.45) is 0 Å². The molecule has 0 saturated carbocycles. The third kappa shape index (κ3) is 3.97. The maximum absolute atomic E-state index is 11.9. The largest absolute Gasteiger partial charge is 0.352 e. The standard InChI is InChI=1S/C13H19ClN2OS/c1-9-12(3-2-6-15-9)16-13(17)5-4-11-7-10(14)8-18-11/h7-9,12,15H,2-6H2,1H3,(H,16,17). The van der Waals surface area contributed by atoms with Gasteiger partial charge in [-0.3, -0.25) is 4.79 Å². The van der Waals surface area contributed by atoms with Crippen molar-refractivity contribution in [3.05, 3.63) is 21.3 Å². The Morgan fingerprint density at radius 2 is 2.50 bits per heavy atom. The number of carbonyl (C=O) groups excluding carboxylic acids is 1. The summed E-state index contributed by atoms with van der Waals surface area (Å²) in [5, 5.41) is 9.17. The molecule has 2 rings (SSSR count). The summed E-state index contributed by atoms with van der Waals surface area (Å²) in [6.45, 7) is 3.18. The maximum atomic E-state index is 11.9. The zero-order chi connectivity index (χ0) is 13.0. The van der Waals surface area contributed by atoms with Crippen molar-refractivity contribution in [1.29, 1.82) is 0 Å². The Labute approximate surface area is 117 Å². The van der Waals surface area contributed by atoms with Crippen molar-refractivity contribution in [3.8, 4) is 0 Å². The average Bonchev–Trinajstić information content (AvgIpc) is 2.76. The molecular weight excluding hydrogens is 268 g/mol. The van der Waals surface area contributed by atoms with E-state index in [-0.39, 0.29) is 11.9 Å². The number of aryl methyl sites for hydroxylation is 1. The minimum Gasteiger partial charge on any atom is -0.352 e. The lowest BCUT2D eigenvalue weighted by atomic mass is 10.00. The highest BCUT2D eigenvalue weighted by molar-refractivity contribution is 7.10. The Morgan fingerprint density at radius 3 is 3.17 bits per heavy atom. The quantitative estimate of drug-likeness (QED) is 0.893. The number of halogens is 1. The fourth-order valence-corrected chi connectivity index (χ4v) is 3.32. The third-order valence-electron chi connectivity index (χ3n) is 3.33. The highest BCUT2D eigenvalue weighted by Gasteiger charge is 2.22. The van der Waals surface area contributed by atoms with Crippen molar-refractivity contribution in [3.63, 3.8) is 0 Å². The molecular formula is C13H19ClN2OS. The Hall–Kier alpha value is -0.580. The summed E-state index contributed by atoms with van der Waals surface area (Å²) in [6.07, 6.45) is 3.53. The molecule has 1 aliphatic heterocycles. The zero-order valence-electron chi connectivity index (χ0n) is 10.5. The van der Waals surface area contributed by atoms with Gasteiger partial charge in [0.1, 0.15) is 0 Å². The molecule has 0 bridgehead atoms. The van der Waals surface area contributed by atoms with Crippen LogP contribution in [0.15, 0.2) is 11.4 Å². The lowest BCUT2D eigenvalue weighted by Gasteiger charge is -2.30. The van der Waals surface area contributed by atoms with Crippen molar-refractivity contribution in [2.45, 2.75) is 44.7 Å². The molecule has 0 aromatic carbocycles. The minimum absolute atomic E-state index is 0.139. The van der Waals surface area contributed by atoms with Crippen LogP contribution in [-0.4, -0.2) is 24.5 Å².